The van der Waals surface area contributed by atoms with E-state index in [1.165, 1.54) is 0 Å². The zero-order valence-corrected chi connectivity index (χ0v) is 17.2. The van der Waals surface area contributed by atoms with Crippen LogP contribution in [0.3, 0.4) is 0 Å². The van der Waals surface area contributed by atoms with Gasteiger partial charge in [-0.2, -0.15) is 0 Å². The van der Waals surface area contributed by atoms with Crippen molar-refractivity contribution in [2.75, 3.05) is 0 Å². The third-order valence-corrected chi connectivity index (χ3v) is 4.71. The van der Waals surface area contributed by atoms with E-state index in [1.54, 1.807) is 12.4 Å². The molecule has 0 saturated heterocycles. The van der Waals surface area contributed by atoms with Crippen LogP contribution in [0.2, 0.25) is 0 Å². The molecule has 0 bridgehead atoms. The van der Waals surface area contributed by atoms with Crippen LogP contribution in [0.15, 0.2) is 17.0 Å². The number of aromatic amines is 1. The van der Waals surface area contributed by atoms with Crippen LogP contribution in [0.25, 0.3) is 11.2 Å². The summed E-state index contributed by atoms with van der Waals surface area (Å²) in [6, 6.07) is -0.0351. The van der Waals surface area contributed by atoms with Crippen LogP contribution in [-0.4, -0.2) is 44.6 Å². The molecule has 3 N–H and O–H groups in total. The van der Waals surface area contributed by atoms with E-state index in [2.05, 4.69) is 41.5 Å². The summed E-state index contributed by atoms with van der Waals surface area (Å²) in [6.45, 7) is 5.50. The minimum Gasteiger partial charge on any atom is -0.444 e. The van der Waals surface area contributed by atoms with E-state index >= 15 is 0 Å². The van der Waals surface area contributed by atoms with E-state index in [4.69, 9.17) is 4.74 Å². The van der Waals surface area contributed by atoms with Gasteiger partial charge in [-0.1, -0.05) is 0 Å². The van der Waals surface area contributed by atoms with Gasteiger partial charge >= 0.3 is 6.09 Å². The van der Waals surface area contributed by atoms with Gasteiger partial charge in [-0.25, -0.2) is 14.8 Å². The maximum Gasteiger partial charge on any atom is 0.407 e. The lowest BCUT2D eigenvalue weighted by Crippen LogP contribution is -2.46. The predicted molar refractivity (Wildman–Crippen MR) is 104 cm³/mol. The quantitative estimate of drug-likeness (QED) is 0.682. The highest BCUT2D eigenvalue weighted by Crippen LogP contribution is 2.21. The summed E-state index contributed by atoms with van der Waals surface area (Å²) in [5, 5.41) is 5.95. The molecule has 2 aromatic heterocycles. The number of halogens is 1. The van der Waals surface area contributed by atoms with Gasteiger partial charge in [0.1, 0.15) is 15.7 Å². The number of aromatic nitrogens is 3. The summed E-state index contributed by atoms with van der Waals surface area (Å²) in [7, 11) is 0. The van der Waals surface area contributed by atoms with E-state index in [1.807, 2.05) is 20.8 Å². The lowest BCUT2D eigenvalue weighted by Gasteiger charge is -2.31. The summed E-state index contributed by atoms with van der Waals surface area (Å²) < 4.78 is 5.89. The molecule has 146 valence electrons. The van der Waals surface area contributed by atoms with Crippen molar-refractivity contribution in [1.82, 2.24) is 25.6 Å². The summed E-state index contributed by atoms with van der Waals surface area (Å²) in [6.07, 6.45) is 6.11. The molecular weight excluding hydrogens is 414 g/mol. The van der Waals surface area contributed by atoms with Gasteiger partial charge in [0.05, 0.1) is 11.8 Å². The van der Waals surface area contributed by atoms with Crippen LogP contribution < -0.4 is 10.6 Å². The van der Waals surface area contributed by atoms with Crippen molar-refractivity contribution in [2.45, 2.75) is 64.1 Å². The number of fused-ring (bicyclic) bond motifs is 1. The Morgan fingerprint density at radius 2 is 1.96 bits per heavy atom. The predicted octanol–water partition coefficient (Wildman–Crippen LogP) is 3.29. The van der Waals surface area contributed by atoms with E-state index in [0.717, 1.165) is 19.3 Å². The average Bonchev–Trinajstić information content (AvgIpc) is 2.96. The maximum atomic E-state index is 12.7. The first kappa shape index (κ1) is 19.6. The molecule has 2 heterocycles. The molecule has 1 saturated carbocycles. The van der Waals surface area contributed by atoms with Gasteiger partial charge in [-0.05, 0) is 62.4 Å². The zero-order valence-electron chi connectivity index (χ0n) is 15.6. The molecule has 0 radical (unpaired) electrons. The normalized spacial score (nSPS) is 20.3. The van der Waals surface area contributed by atoms with Gasteiger partial charge in [0, 0.05) is 18.3 Å². The zero-order chi connectivity index (χ0) is 19.6. The first-order valence-corrected chi connectivity index (χ1v) is 9.80. The van der Waals surface area contributed by atoms with E-state index in [9.17, 15) is 9.59 Å². The van der Waals surface area contributed by atoms with Crippen molar-refractivity contribution >= 4 is 39.1 Å². The molecule has 0 aromatic carbocycles. The molecule has 2 unspecified atom stereocenters. The van der Waals surface area contributed by atoms with Crippen LogP contribution in [-0.2, 0) is 4.74 Å². The van der Waals surface area contributed by atoms with Crippen LogP contribution in [0, 0.1) is 0 Å². The molecule has 1 aliphatic rings. The minimum atomic E-state index is -0.531. The number of H-pyrrole nitrogens is 1. The van der Waals surface area contributed by atoms with Gasteiger partial charge < -0.3 is 20.4 Å². The maximum absolute atomic E-state index is 12.7. The first-order chi connectivity index (χ1) is 12.7. The standard InChI is InChI=1S/C18H24BrN5O3/c1-18(2,3)27-17(26)23-11-6-4-5-10(7-11)22-16(25)12-8-20-15-14(12)24-13(19)9-21-15/h8-11H,4-7H2,1-3H3,(H,20,21)(H,22,25)(H,23,26). The number of carbonyl (C=O) groups excluding carboxylic acids is 2. The number of rotatable bonds is 3. The summed E-state index contributed by atoms with van der Waals surface area (Å²) in [5.74, 6) is -0.198. The molecule has 8 nitrogen and oxygen atoms in total. The fraction of sp³-hybridized carbons (Fsp3) is 0.556. The van der Waals surface area contributed by atoms with Crippen LogP contribution in [0.1, 0.15) is 56.8 Å². The Bertz CT molecular complexity index is 845. The number of carbonyl (C=O) groups is 2. The SMILES string of the molecule is CC(C)(C)OC(=O)NC1CCCC(NC(=O)c2c[nH]c3ncc(Br)nc23)C1. The molecule has 3 rings (SSSR count). The Labute approximate surface area is 166 Å². The van der Waals surface area contributed by atoms with Crippen LogP contribution in [0.5, 0.6) is 0 Å². The Balaban J connectivity index is 1.60. The number of amides is 2. The molecule has 9 heteroatoms. The van der Waals surface area contributed by atoms with Crippen molar-refractivity contribution in [1.29, 1.82) is 0 Å². The third kappa shape index (κ3) is 5.18. The fourth-order valence-corrected chi connectivity index (χ4v) is 3.51. The molecule has 1 aliphatic carbocycles. The van der Waals surface area contributed by atoms with Crippen molar-refractivity contribution in [3.63, 3.8) is 0 Å². The largest absolute Gasteiger partial charge is 0.444 e. The topological polar surface area (TPSA) is 109 Å². The van der Waals surface area contributed by atoms with Gasteiger partial charge in [0.2, 0.25) is 0 Å². The molecule has 2 amide bonds. The first-order valence-electron chi connectivity index (χ1n) is 9.01. The number of hydrogen-bond acceptors (Lipinski definition) is 5. The number of hydrogen-bond donors (Lipinski definition) is 3. The summed E-state index contributed by atoms with van der Waals surface area (Å²) >= 11 is 3.28. The van der Waals surface area contributed by atoms with E-state index < -0.39 is 11.7 Å². The van der Waals surface area contributed by atoms with Crippen molar-refractivity contribution in [3.05, 3.63) is 22.6 Å². The van der Waals surface area contributed by atoms with Crippen LogP contribution >= 0.6 is 15.9 Å². The highest BCUT2D eigenvalue weighted by molar-refractivity contribution is 9.10. The summed E-state index contributed by atoms with van der Waals surface area (Å²) in [5.41, 5.74) is 1.02. The minimum absolute atomic E-state index is 0.0174. The Hall–Kier alpha value is -2.16. The molecule has 0 aliphatic heterocycles. The smallest absolute Gasteiger partial charge is 0.407 e. The Morgan fingerprint density at radius 3 is 2.67 bits per heavy atom. The number of ether oxygens (including phenoxy) is 1. The number of alkyl carbamates (subject to hydrolysis) is 1. The van der Waals surface area contributed by atoms with Crippen molar-refractivity contribution in [2.24, 2.45) is 0 Å². The molecule has 0 spiro atoms. The molecule has 2 aromatic rings. The molecule has 2 atom stereocenters. The molecule has 1 fully saturated rings. The third-order valence-electron chi connectivity index (χ3n) is 4.33. The van der Waals surface area contributed by atoms with Gasteiger partial charge in [0.15, 0.2) is 5.65 Å². The molecule has 27 heavy (non-hydrogen) atoms. The molecular formula is C18H24BrN5O3. The van der Waals surface area contributed by atoms with Crippen molar-refractivity contribution < 1.29 is 14.3 Å². The second-order valence-corrected chi connectivity index (χ2v) is 8.58. The Morgan fingerprint density at radius 1 is 1.26 bits per heavy atom. The van der Waals surface area contributed by atoms with Gasteiger partial charge in [-0.3, -0.25) is 4.79 Å². The van der Waals surface area contributed by atoms with E-state index in [-0.39, 0.29) is 18.0 Å². The highest BCUT2D eigenvalue weighted by Gasteiger charge is 2.27. The highest BCUT2D eigenvalue weighted by atomic mass is 79.9. The number of nitrogens with zero attached hydrogens (tertiary/aromatic N) is 2. The average molecular weight is 438 g/mol. The van der Waals surface area contributed by atoms with Crippen molar-refractivity contribution in [3.8, 4) is 0 Å². The second-order valence-electron chi connectivity index (χ2n) is 7.77. The van der Waals surface area contributed by atoms with Gasteiger partial charge in [0.25, 0.3) is 5.91 Å². The Kier molecular flexibility index (Phi) is 5.69. The lowest BCUT2D eigenvalue weighted by molar-refractivity contribution is 0.0489. The lowest BCUT2D eigenvalue weighted by atomic mass is 9.91. The fourth-order valence-electron chi connectivity index (χ4n) is 3.23. The van der Waals surface area contributed by atoms with Crippen LogP contribution in [0.4, 0.5) is 4.79 Å². The van der Waals surface area contributed by atoms with Gasteiger partial charge in [-0.15, -0.1) is 0 Å². The monoisotopic (exact) mass is 437 g/mol. The summed E-state index contributed by atoms with van der Waals surface area (Å²) in [4.78, 5) is 36.2. The second kappa shape index (κ2) is 7.84. The number of nitrogens with one attached hydrogen (secondary N) is 3. The van der Waals surface area contributed by atoms with E-state index in [0.29, 0.717) is 27.8 Å².